The average Bonchev–Trinajstić information content (AvgIpc) is 2.52. The van der Waals surface area contributed by atoms with E-state index in [-0.39, 0.29) is 5.82 Å². The van der Waals surface area contributed by atoms with E-state index < -0.39 is 0 Å². The summed E-state index contributed by atoms with van der Waals surface area (Å²) in [6.45, 7) is 2.13. The third-order valence-corrected chi connectivity index (χ3v) is 4.56. The van der Waals surface area contributed by atoms with Gasteiger partial charge < -0.3 is 5.32 Å². The Hall–Kier alpha value is -1.39. The molecule has 0 saturated heterocycles. The molecule has 4 heteroatoms. The van der Waals surface area contributed by atoms with E-state index in [0.29, 0.717) is 6.04 Å². The third kappa shape index (κ3) is 5.14. The van der Waals surface area contributed by atoms with Gasteiger partial charge in [0.25, 0.3) is 0 Å². The molecule has 0 aliphatic rings. The van der Waals surface area contributed by atoms with Crippen molar-refractivity contribution in [3.8, 4) is 0 Å². The van der Waals surface area contributed by atoms with Crippen molar-refractivity contribution in [2.75, 3.05) is 12.8 Å². The van der Waals surface area contributed by atoms with Crippen LogP contribution in [0.3, 0.4) is 0 Å². The molecule has 2 nitrogen and oxygen atoms in total. The molecular formula is C17H21FN2S. The van der Waals surface area contributed by atoms with Crippen molar-refractivity contribution in [2.45, 2.75) is 30.7 Å². The van der Waals surface area contributed by atoms with Crippen LogP contribution in [0.5, 0.6) is 0 Å². The number of benzene rings is 1. The van der Waals surface area contributed by atoms with Crippen molar-refractivity contribution < 1.29 is 4.39 Å². The molecule has 2 rings (SSSR count). The molecule has 21 heavy (non-hydrogen) atoms. The molecule has 0 radical (unpaired) electrons. The van der Waals surface area contributed by atoms with Crippen LogP contribution in [0.4, 0.5) is 4.39 Å². The minimum Gasteiger partial charge on any atom is -0.316 e. The first-order valence-corrected chi connectivity index (χ1v) is 8.19. The molecular weight excluding hydrogens is 283 g/mol. The van der Waals surface area contributed by atoms with E-state index >= 15 is 0 Å². The third-order valence-electron chi connectivity index (χ3n) is 3.41. The lowest BCUT2D eigenvalue weighted by Crippen LogP contribution is -2.30. The molecule has 0 aliphatic carbocycles. The van der Waals surface area contributed by atoms with Crippen molar-refractivity contribution in [3.05, 3.63) is 59.7 Å². The van der Waals surface area contributed by atoms with Gasteiger partial charge in [-0.25, -0.2) is 4.39 Å². The van der Waals surface area contributed by atoms with E-state index in [9.17, 15) is 4.39 Å². The summed E-state index contributed by atoms with van der Waals surface area (Å²) in [6.07, 6.45) is 3.84. The van der Waals surface area contributed by atoms with Crippen molar-refractivity contribution in [1.29, 1.82) is 0 Å². The van der Waals surface area contributed by atoms with Gasteiger partial charge in [0.1, 0.15) is 5.82 Å². The maximum atomic E-state index is 13.2. The van der Waals surface area contributed by atoms with Gasteiger partial charge in [-0.1, -0.05) is 19.1 Å². The molecule has 0 amide bonds. The number of hydrogen-bond acceptors (Lipinski definition) is 3. The zero-order valence-electron chi connectivity index (χ0n) is 12.5. The van der Waals surface area contributed by atoms with Crippen molar-refractivity contribution >= 4 is 11.8 Å². The van der Waals surface area contributed by atoms with Crippen LogP contribution in [-0.2, 0) is 12.8 Å². The minimum atomic E-state index is -0.183. The fraction of sp³-hybridized carbons (Fsp3) is 0.353. The summed E-state index contributed by atoms with van der Waals surface area (Å²) in [4.78, 5) is 5.46. The second-order valence-corrected chi connectivity index (χ2v) is 6.06. The number of nitrogens with zero attached hydrogens (tertiary/aromatic N) is 1. The van der Waals surface area contributed by atoms with Crippen LogP contribution in [0.15, 0.2) is 47.5 Å². The van der Waals surface area contributed by atoms with E-state index in [0.717, 1.165) is 29.2 Å². The number of nitrogens with one attached hydrogen (secondary N) is 1. The Balaban J connectivity index is 1.90. The SMILES string of the molecule is CCc1ccc(CC(CSc2cccc(F)c2)NC)nc1. The quantitative estimate of drug-likeness (QED) is 0.789. The molecule has 1 aromatic heterocycles. The standard InChI is InChI=1S/C17H21FN2S/c1-3-13-7-8-15(20-11-13)10-16(19-2)12-21-17-6-4-5-14(18)9-17/h4-9,11,16,19H,3,10,12H2,1-2H3. The van der Waals surface area contributed by atoms with Crippen LogP contribution >= 0.6 is 11.8 Å². The Labute approximate surface area is 130 Å². The number of likely N-dealkylation sites (N-methyl/N-ethyl adjacent to an activating group) is 1. The monoisotopic (exact) mass is 304 g/mol. The maximum Gasteiger partial charge on any atom is 0.124 e. The van der Waals surface area contributed by atoms with E-state index in [1.807, 2.05) is 19.3 Å². The van der Waals surface area contributed by atoms with Crippen LogP contribution in [0.2, 0.25) is 0 Å². The van der Waals surface area contributed by atoms with Crippen molar-refractivity contribution in [3.63, 3.8) is 0 Å². The number of aryl methyl sites for hydroxylation is 1. The molecule has 112 valence electrons. The van der Waals surface area contributed by atoms with Gasteiger partial charge >= 0.3 is 0 Å². The van der Waals surface area contributed by atoms with E-state index in [1.165, 1.54) is 11.6 Å². The smallest absolute Gasteiger partial charge is 0.124 e. The first-order chi connectivity index (χ1) is 10.2. The summed E-state index contributed by atoms with van der Waals surface area (Å²) in [6, 6.07) is 11.3. The minimum absolute atomic E-state index is 0.183. The number of rotatable bonds is 7. The molecule has 2 aromatic rings. The predicted octanol–water partition coefficient (Wildman–Crippen LogP) is 3.71. The predicted molar refractivity (Wildman–Crippen MR) is 87.3 cm³/mol. The molecule has 1 atom stereocenters. The number of halogens is 1. The maximum absolute atomic E-state index is 13.2. The summed E-state index contributed by atoms with van der Waals surface area (Å²) in [5.74, 6) is 0.704. The van der Waals surface area contributed by atoms with Crippen molar-refractivity contribution in [2.24, 2.45) is 0 Å². The molecule has 1 heterocycles. The van der Waals surface area contributed by atoms with Crippen molar-refractivity contribution in [1.82, 2.24) is 10.3 Å². The van der Waals surface area contributed by atoms with Crippen LogP contribution in [0, 0.1) is 5.82 Å². The summed E-state index contributed by atoms with van der Waals surface area (Å²) in [5, 5.41) is 3.31. The fourth-order valence-electron chi connectivity index (χ4n) is 2.04. The molecule has 0 spiro atoms. The van der Waals surface area contributed by atoms with Crippen LogP contribution in [0.25, 0.3) is 0 Å². The normalized spacial score (nSPS) is 12.3. The first-order valence-electron chi connectivity index (χ1n) is 7.20. The number of pyridine rings is 1. The largest absolute Gasteiger partial charge is 0.316 e. The first kappa shape index (κ1) is 16.0. The van der Waals surface area contributed by atoms with Crippen LogP contribution in [-0.4, -0.2) is 23.8 Å². The Bertz CT molecular complexity index is 557. The summed E-state index contributed by atoms with van der Waals surface area (Å²) < 4.78 is 13.2. The van der Waals surface area contributed by atoms with Gasteiger partial charge in [0.15, 0.2) is 0 Å². The lowest BCUT2D eigenvalue weighted by atomic mass is 10.1. The highest BCUT2D eigenvalue weighted by Crippen LogP contribution is 2.20. The lowest BCUT2D eigenvalue weighted by Gasteiger charge is -2.15. The van der Waals surface area contributed by atoms with E-state index in [1.54, 1.807) is 23.9 Å². The van der Waals surface area contributed by atoms with Gasteiger partial charge in [0.05, 0.1) is 0 Å². The van der Waals surface area contributed by atoms with Gasteiger partial charge in [-0.3, -0.25) is 4.98 Å². The molecule has 0 aliphatic heterocycles. The Kier molecular flexibility index (Phi) is 6.21. The van der Waals surface area contributed by atoms with Gasteiger partial charge in [-0.2, -0.15) is 0 Å². The summed E-state index contributed by atoms with van der Waals surface area (Å²) in [5.41, 5.74) is 2.35. The average molecular weight is 304 g/mol. The summed E-state index contributed by atoms with van der Waals surface area (Å²) in [7, 11) is 1.96. The Morgan fingerprint density at radius 1 is 1.29 bits per heavy atom. The zero-order valence-corrected chi connectivity index (χ0v) is 13.3. The second-order valence-electron chi connectivity index (χ2n) is 4.97. The van der Waals surface area contributed by atoms with Gasteiger partial charge in [-0.05, 0) is 43.3 Å². The van der Waals surface area contributed by atoms with E-state index in [4.69, 9.17) is 0 Å². The highest BCUT2D eigenvalue weighted by molar-refractivity contribution is 7.99. The number of aromatic nitrogens is 1. The topological polar surface area (TPSA) is 24.9 Å². The number of thioether (sulfide) groups is 1. The summed E-state index contributed by atoms with van der Waals surface area (Å²) >= 11 is 1.66. The molecule has 1 unspecified atom stereocenters. The Morgan fingerprint density at radius 2 is 2.14 bits per heavy atom. The lowest BCUT2D eigenvalue weighted by molar-refractivity contribution is 0.608. The number of hydrogen-bond donors (Lipinski definition) is 1. The highest BCUT2D eigenvalue weighted by Gasteiger charge is 2.09. The van der Waals surface area contributed by atoms with Gasteiger partial charge in [0.2, 0.25) is 0 Å². The molecule has 1 aromatic carbocycles. The van der Waals surface area contributed by atoms with Crippen LogP contribution < -0.4 is 5.32 Å². The second kappa shape index (κ2) is 8.15. The van der Waals surface area contributed by atoms with Gasteiger partial charge in [-0.15, -0.1) is 11.8 Å². The Morgan fingerprint density at radius 3 is 2.76 bits per heavy atom. The molecule has 0 saturated carbocycles. The van der Waals surface area contributed by atoms with Gasteiger partial charge in [0, 0.05) is 35.0 Å². The molecule has 0 bridgehead atoms. The van der Waals surface area contributed by atoms with E-state index in [2.05, 4.69) is 29.4 Å². The molecule has 1 N–H and O–H groups in total. The fourth-order valence-corrected chi connectivity index (χ4v) is 3.08. The zero-order chi connectivity index (χ0) is 15.1. The highest BCUT2D eigenvalue weighted by atomic mass is 32.2. The molecule has 0 fully saturated rings. The van der Waals surface area contributed by atoms with Crippen LogP contribution in [0.1, 0.15) is 18.2 Å².